The number of methoxy groups -OCH3 is 2. The molecule has 0 aliphatic heterocycles. The molecule has 0 aliphatic carbocycles. The summed E-state index contributed by atoms with van der Waals surface area (Å²) in [7, 11) is 3.34. The average Bonchev–Trinajstić information content (AvgIpc) is 2.87. The summed E-state index contributed by atoms with van der Waals surface area (Å²) < 4.78 is 10.8. The summed E-state index contributed by atoms with van der Waals surface area (Å²) in [6.07, 6.45) is 1.74. The monoisotopic (exact) mass is 530 g/mol. The Hall–Kier alpha value is -3.59. The molecule has 2 atom stereocenters. The van der Waals surface area contributed by atoms with Crippen LogP contribution in [0.2, 0.25) is 5.02 Å². The Kier molecular flexibility index (Phi) is 11.4. The molecule has 0 aliphatic rings. The molecule has 1 amide bonds. The number of hydrogen-bond acceptors (Lipinski definition) is 9. The first-order chi connectivity index (χ1) is 17.6. The number of ether oxygens (including phenoxy) is 2. The van der Waals surface area contributed by atoms with Crippen molar-refractivity contribution in [1.82, 2.24) is 0 Å². The Balaban J connectivity index is 2.45. The molecule has 0 fully saturated rings. The molecule has 2 unspecified atom stereocenters. The molecule has 0 spiro atoms. The number of nitrogens with zero attached hydrogens (tertiary/aromatic N) is 5. The Morgan fingerprint density at radius 3 is 2.30 bits per heavy atom. The zero-order valence-corrected chi connectivity index (χ0v) is 22.3. The van der Waals surface area contributed by atoms with Crippen LogP contribution >= 0.6 is 11.6 Å². The minimum Gasteiger partial charge on any atom is -0.382 e. The average molecular weight is 531 g/mol. The van der Waals surface area contributed by atoms with Crippen LogP contribution < -0.4 is 10.2 Å². The molecule has 11 nitrogen and oxygen atoms in total. The third-order valence-electron chi connectivity index (χ3n) is 5.71. The van der Waals surface area contributed by atoms with Gasteiger partial charge in [0.1, 0.15) is 17.4 Å². The van der Waals surface area contributed by atoms with E-state index < -0.39 is 4.92 Å². The van der Waals surface area contributed by atoms with E-state index >= 15 is 0 Å². The molecule has 37 heavy (non-hydrogen) atoms. The summed E-state index contributed by atoms with van der Waals surface area (Å²) in [6, 6.07) is 9.40. The fraction of sp³-hybridized carbons (Fsp3) is 0.440. The third kappa shape index (κ3) is 8.78. The maximum absolute atomic E-state index is 11.9. The van der Waals surface area contributed by atoms with Gasteiger partial charge in [-0.2, -0.15) is 5.26 Å². The van der Waals surface area contributed by atoms with Crippen LogP contribution in [0, 0.1) is 21.4 Å². The van der Waals surface area contributed by atoms with Gasteiger partial charge in [0, 0.05) is 52.1 Å². The first-order valence-corrected chi connectivity index (χ1v) is 12.0. The van der Waals surface area contributed by atoms with Crippen molar-refractivity contribution >= 4 is 45.9 Å². The highest BCUT2D eigenvalue weighted by molar-refractivity contribution is 6.33. The minimum absolute atomic E-state index is 0.00338. The van der Waals surface area contributed by atoms with E-state index in [0.717, 1.165) is 43.8 Å². The van der Waals surface area contributed by atoms with Crippen molar-refractivity contribution in [3.8, 4) is 6.07 Å². The molecular weight excluding hydrogens is 500 g/mol. The predicted molar refractivity (Wildman–Crippen MR) is 142 cm³/mol. The van der Waals surface area contributed by atoms with E-state index in [1.807, 2.05) is 26.0 Å². The number of carbonyl (C=O) groups is 1. The summed E-state index contributed by atoms with van der Waals surface area (Å²) in [5.41, 5.74) is 1.18. The van der Waals surface area contributed by atoms with Crippen LogP contribution in [0.4, 0.5) is 28.4 Å². The lowest BCUT2D eigenvalue weighted by Crippen LogP contribution is -2.30. The molecule has 2 rings (SSSR count). The Morgan fingerprint density at radius 2 is 1.78 bits per heavy atom. The zero-order valence-electron chi connectivity index (χ0n) is 21.5. The lowest BCUT2D eigenvalue weighted by molar-refractivity contribution is -0.384. The van der Waals surface area contributed by atoms with E-state index in [-0.39, 0.29) is 40.1 Å². The van der Waals surface area contributed by atoms with Crippen molar-refractivity contribution in [3.63, 3.8) is 0 Å². The lowest BCUT2D eigenvalue weighted by atomic mass is 10.1. The van der Waals surface area contributed by atoms with Gasteiger partial charge >= 0.3 is 0 Å². The first kappa shape index (κ1) is 29.6. The highest BCUT2D eigenvalue weighted by atomic mass is 35.5. The summed E-state index contributed by atoms with van der Waals surface area (Å²) >= 11 is 6.15. The molecule has 0 aromatic heterocycles. The molecule has 0 bridgehead atoms. The van der Waals surface area contributed by atoms with Gasteiger partial charge in [0.05, 0.1) is 33.4 Å². The molecule has 1 N–H and O–H groups in total. The number of nitriles is 1. The van der Waals surface area contributed by atoms with Gasteiger partial charge in [0.25, 0.3) is 5.69 Å². The van der Waals surface area contributed by atoms with E-state index in [1.165, 1.54) is 6.92 Å². The van der Waals surface area contributed by atoms with E-state index in [0.29, 0.717) is 11.4 Å². The summed E-state index contributed by atoms with van der Waals surface area (Å²) in [5, 5.41) is 31.5. The van der Waals surface area contributed by atoms with Crippen LogP contribution in [-0.2, 0) is 14.3 Å². The lowest BCUT2D eigenvalue weighted by Gasteiger charge is -2.28. The van der Waals surface area contributed by atoms with Crippen LogP contribution in [0.25, 0.3) is 0 Å². The number of nitro groups is 1. The van der Waals surface area contributed by atoms with E-state index in [1.54, 1.807) is 26.4 Å². The molecule has 0 radical (unpaired) electrons. The smallest absolute Gasteiger partial charge is 0.272 e. The summed E-state index contributed by atoms with van der Waals surface area (Å²) in [6.45, 7) is 6.82. The number of anilines is 2. The van der Waals surface area contributed by atoms with Crippen molar-refractivity contribution in [2.45, 2.75) is 45.8 Å². The molecule has 198 valence electrons. The van der Waals surface area contributed by atoms with Crippen LogP contribution in [0.3, 0.4) is 0 Å². The number of non-ortho nitro benzene ring substituents is 1. The van der Waals surface area contributed by atoms with Crippen molar-refractivity contribution < 1.29 is 19.2 Å². The van der Waals surface area contributed by atoms with Crippen molar-refractivity contribution in [3.05, 3.63) is 51.0 Å². The Morgan fingerprint density at radius 1 is 1.16 bits per heavy atom. The van der Waals surface area contributed by atoms with Crippen molar-refractivity contribution in [1.29, 1.82) is 5.26 Å². The summed E-state index contributed by atoms with van der Waals surface area (Å²) in [4.78, 5) is 24.5. The summed E-state index contributed by atoms with van der Waals surface area (Å²) in [5.74, 6) is -0.299. The van der Waals surface area contributed by atoms with Gasteiger partial charge < -0.3 is 19.7 Å². The number of carbonyl (C=O) groups excluding carboxylic acids is 1. The number of nitro benzene ring substituents is 1. The maximum atomic E-state index is 11.9. The topological polar surface area (TPSA) is 142 Å². The standard InChI is InChI=1S/C25H31ClN6O5/c1-16(36-4)8-10-31(11-9-17(2)37-5)20-6-7-23(24(14-20)28-18(3)33)29-30-25-19(15-27)12-21(32(34)35)13-22(25)26/h6-7,12-14,16-17H,8-11H2,1-5H3,(H,28,33). The fourth-order valence-electron chi connectivity index (χ4n) is 3.36. The van der Waals surface area contributed by atoms with Crippen LogP contribution in [-0.4, -0.2) is 50.3 Å². The predicted octanol–water partition coefficient (Wildman–Crippen LogP) is 6.15. The number of halogens is 1. The van der Waals surface area contributed by atoms with Crippen LogP contribution in [0.5, 0.6) is 0 Å². The SMILES string of the molecule is COC(C)CCN(CCC(C)OC)c1ccc(N=Nc2c(Cl)cc([N+](=O)[O-])cc2C#N)c(NC(C)=O)c1. The number of nitrogens with one attached hydrogen (secondary N) is 1. The van der Waals surface area contributed by atoms with E-state index in [4.69, 9.17) is 21.1 Å². The van der Waals surface area contributed by atoms with Crippen LogP contribution in [0.15, 0.2) is 40.6 Å². The van der Waals surface area contributed by atoms with Gasteiger partial charge in [-0.1, -0.05) is 11.6 Å². The van der Waals surface area contributed by atoms with Crippen molar-refractivity contribution in [2.24, 2.45) is 10.2 Å². The van der Waals surface area contributed by atoms with Gasteiger partial charge in [-0.15, -0.1) is 10.2 Å². The fourth-order valence-corrected chi connectivity index (χ4v) is 3.61. The minimum atomic E-state index is -0.645. The molecular formula is C25H31ClN6O5. The second kappa shape index (κ2) is 14.2. The van der Waals surface area contributed by atoms with E-state index in [2.05, 4.69) is 20.4 Å². The van der Waals surface area contributed by atoms with Gasteiger partial charge in [0.15, 0.2) is 0 Å². The number of amides is 1. The van der Waals surface area contributed by atoms with Crippen LogP contribution in [0.1, 0.15) is 39.2 Å². The molecule has 0 heterocycles. The largest absolute Gasteiger partial charge is 0.382 e. The third-order valence-corrected chi connectivity index (χ3v) is 6.00. The Labute approximate surface area is 221 Å². The molecule has 2 aromatic rings. The van der Waals surface area contributed by atoms with Gasteiger partial charge in [-0.25, -0.2) is 0 Å². The van der Waals surface area contributed by atoms with Gasteiger partial charge in [0.2, 0.25) is 5.91 Å². The van der Waals surface area contributed by atoms with E-state index in [9.17, 15) is 20.2 Å². The number of azo groups is 1. The van der Waals surface area contributed by atoms with Crippen molar-refractivity contribution in [2.75, 3.05) is 37.5 Å². The zero-order chi connectivity index (χ0) is 27.5. The molecule has 0 saturated heterocycles. The normalized spacial score (nSPS) is 12.7. The number of rotatable bonds is 13. The van der Waals surface area contributed by atoms with Gasteiger partial charge in [-0.3, -0.25) is 14.9 Å². The highest BCUT2D eigenvalue weighted by Crippen LogP contribution is 2.36. The first-order valence-electron chi connectivity index (χ1n) is 11.6. The number of benzene rings is 2. The Bertz CT molecular complexity index is 1170. The maximum Gasteiger partial charge on any atom is 0.272 e. The highest BCUT2D eigenvalue weighted by Gasteiger charge is 2.17. The number of hydrogen-bond donors (Lipinski definition) is 1. The second-order valence-corrected chi connectivity index (χ2v) is 8.84. The quantitative estimate of drug-likeness (QED) is 0.186. The molecule has 2 aromatic carbocycles. The molecule has 0 saturated carbocycles. The second-order valence-electron chi connectivity index (χ2n) is 8.43. The molecule has 12 heteroatoms. The van der Waals surface area contributed by atoms with Gasteiger partial charge in [-0.05, 0) is 44.9 Å².